The molecule has 0 bridgehead atoms. The molecule has 0 atom stereocenters. The number of ether oxygens (including phenoxy) is 3. The Morgan fingerprint density at radius 3 is 2.62 bits per heavy atom. The normalized spacial score (nSPS) is 15.2. The number of morpholine rings is 1. The van der Waals surface area contributed by atoms with Crippen molar-refractivity contribution in [2.75, 3.05) is 50.3 Å². The lowest BCUT2D eigenvalue weighted by Crippen LogP contribution is -2.36. The van der Waals surface area contributed by atoms with Crippen LogP contribution in [-0.2, 0) is 11.3 Å². The predicted octanol–water partition coefficient (Wildman–Crippen LogP) is 4.97. The highest BCUT2D eigenvalue weighted by atomic mass is 16.5. The van der Waals surface area contributed by atoms with Crippen molar-refractivity contribution >= 4 is 28.2 Å². The van der Waals surface area contributed by atoms with Crippen molar-refractivity contribution in [2.45, 2.75) is 25.4 Å². The number of pyridine rings is 1. The van der Waals surface area contributed by atoms with Crippen LogP contribution in [0.25, 0.3) is 11.0 Å². The maximum atomic E-state index is 10.2. The van der Waals surface area contributed by atoms with E-state index < -0.39 is 0 Å². The van der Waals surface area contributed by atoms with Gasteiger partial charge in [-0.25, -0.2) is 4.98 Å². The van der Waals surface area contributed by atoms with Crippen molar-refractivity contribution in [3.8, 4) is 17.6 Å². The van der Waals surface area contributed by atoms with Gasteiger partial charge >= 0.3 is 0 Å². The lowest BCUT2D eigenvalue weighted by Gasteiger charge is -2.28. The minimum absolute atomic E-state index is 0.400. The van der Waals surface area contributed by atoms with Gasteiger partial charge in [-0.15, -0.1) is 0 Å². The highest BCUT2D eigenvalue weighted by Gasteiger charge is 2.24. The summed E-state index contributed by atoms with van der Waals surface area (Å²) in [7, 11) is 3.54. The van der Waals surface area contributed by atoms with Crippen LogP contribution in [0, 0.1) is 11.3 Å². The summed E-state index contributed by atoms with van der Waals surface area (Å²) in [6.45, 7) is 3.20. The van der Waals surface area contributed by atoms with E-state index in [0.29, 0.717) is 53.8 Å². The molecule has 1 aliphatic heterocycles. The van der Waals surface area contributed by atoms with Gasteiger partial charge in [0.1, 0.15) is 29.6 Å². The highest BCUT2D eigenvalue weighted by Crippen LogP contribution is 2.39. The third-order valence-electron chi connectivity index (χ3n) is 7.26. The van der Waals surface area contributed by atoms with Crippen molar-refractivity contribution in [1.82, 2.24) is 15.0 Å². The van der Waals surface area contributed by atoms with Gasteiger partial charge in [-0.2, -0.15) is 5.26 Å². The average molecular weight is 523 g/mol. The second-order valence-corrected chi connectivity index (χ2v) is 9.82. The highest BCUT2D eigenvalue weighted by molar-refractivity contribution is 5.89. The molecule has 6 rings (SSSR count). The smallest absolute Gasteiger partial charge is 0.162 e. The zero-order chi connectivity index (χ0) is 26.8. The van der Waals surface area contributed by atoms with Gasteiger partial charge in [0.05, 0.1) is 37.7 Å². The number of rotatable bonds is 8. The van der Waals surface area contributed by atoms with Crippen LogP contribution in [0.3, 0.4) is 0 Å². The molecule has 0 radical (unpaired) electrons. The fraction of sp³-hybridized carbons (Fsp3) is 0.333. The van der Waals surface area contributed by atoms with E-state index in [0.717, 1.165) is 41.5 Å². The summed E-state index contributed by atoms with van der Waals surface area (Å²) in [6.07, 6.45) is 6.12. The molecule has 0 spiro atoms. The lowest BCUT2D eigenvalue weighted by atomic mass is 10.1. The Morgan fingerprint density at radius 2 is 1.90 bits per heavy atom. The number of methoxy groups -OCH3 is 1. The molecule has 1 saturated carbocycles. The van der Waals surface area contributed by atoms with Crippen molar-refractivity contribution in [3.63, 3.8) is 0 Å². The first-order valence-electron chi connectivity index (χ1n) is 13.2. The molecule has 198 valence electrons. The first-order chi connectivity index (χ1) is 19.1. The van der Waals surface area contributed by atoms with E-state index in [-0.39, 0.29) is 0 Å². The summed E-state index contributed by atoms with van der Waals surface area (Å²) in [5.74, 6) is 2.63. The fourth-order valence-electron chi connectivity index (χ4n) is 4.82. The molecule has 9 heteroatoms. The van der Waals surface area contributed by atoms with Crippen LogP contribution in [0.2, 0.25) is 0 Å². The molecule has 0 amide bonds. The molecule has 4 aromatic rings. The molecule has 2 aliphatic rings. The van der Waals surface area contributed by atoms with Gasteiger partial charge in [0.2, 0.25) is 0 Å². The zero-order valence-electron chi connectivity index (χ0n) is 22.1. The van der Waals surface area contributed by atoms with Crippen molar-refractivity contribution < 1.29 is 14.2 Å². The van der Waals surface area contributed by atoms with Crippen molar-refractivity contribution in [1.29, 1.82) is 5.26 Å². The number of hydrogen-bond donors (Lipinski definition) is 0. The van der Waals surface area contributed by atoms with Crippen molar-refractivity contribution in [3.05, 3.63) is 71.7 Å². The zero-order valence-corrected chi connectivity index (χ0v) is 22.1. The second-order valence-electron chi connectivity index (χ2n) is 9.82. The van der Waals surface area contributed by atoms with Crippen molar-refractivity contribution in [2.24, 2.45) is 0 Å². The topological polar surface area (TPSA) is 96.6 Å². The van der Waals surface area contributed by atoms with Gasteiger partial charge in [-0.3, -0.25) is 9.97 Å². The Labute approximate surface area is 227 Å². The number of fused-ring (bicyclic) bond motifs is 1. The van der Waals surface area contributed by atoms with Crippen LogP contribution < -0.4 is 19.3 Å². The predicted molar refractivity (Wildman–Crippen MR) is 149 cm³/mol. The molecule has 1 aliphatic carbocycles. The van der Waals surface area contributed by atoms with E-state index in [1.807, 2.05) is 48.5 Å². The lowest BCUT2D eigenvalue weighted by molar-refractivity contribution is 0.122. The third kappa shape index (κ3) is 5.16. The molecule has 3 heterocycles. The molecule has 0 N–H and O–H groups in total. The Balaban J connectivity index is 1.24. The first kappa shape index (κ1) is 24.9. The number of benzene rings is 2. The van der Waals surface area contributed by atoms with E-state index in [1.165, 1.54) is 12.8 Å². The molecule has 39 heavy (non-hydrogen) atoms. The Morgan fingerprint density at radius 1 is 1.05 bits per heavy atom. The number of hydrogen-bond acceptors (Lipinski definition) is 9. The molecule has 9 nitrogen and oxygen atoms in total. The molecule has 2 aromatic carbocycles. The van der Waals surface area contributed by atoms with Gasteiger partial charge in [0, 0.05) is 55.3 Å². The van der Waals surface area contributed by atoms with Gasteiger partial charge in [-0.1, -0.05) is 6.07 Å². The number of anilines is 3. The van der Waals surface area contributed by atoms with Crippen LogP contribution in [0.1, 0.15) is 35.6 Å². The van der Waals surface area contributed by atoms with Crippen LogP contribution in [0.15, 0.2) is 54.9 Å². The minimum Gasteiger partial charge on any atom is -0.493 e. The summed E-state index contributed by atoms with van der Waals surface area (Å²) in [6, 6.07) is 16.1. The van der Waals surface area contributed by atoms with E-state index in [2.05, 4.69) is 33.1 Å². The molecule has 2 aromatic heterocycles. The monoisotopic (exact) mass is 522 g/mol. The Bertz CT molecular complexity index is 1520. The summed E-state index contributed by atoms with van der Waals surface area (Å²) < 4.78 is 17.2. The third-order valence-corrected chi connectivity index (χ3v) is 7.26. The standard InChI is InChI=1S/C30H30N6O3/c1-35(26-9-8-25-30(23(26)16-31)34-29(18-33-25)36-11-13-38-14-12-36)22-6-10-27(28(15-22)37-2)39-19-20-3-7-24(32-17-20)21-4-5-21/h3,6-10,15,17-18,21H,4-5,11-14,19H2,1-2H3. The second kappa shape index (κ2) is 10.8. The van der Waals surface area contributed by atoms with Gasteiger partial charge in [0.15, 0.2) is 11.5 Å². The maximum Gasteiger partial charge on any atom is 0.162 e. The van der Waals surface area contributed by atoms with Gasteiger partial charge < -0.3 is 24.0 Å². The van der Waals surface area contributed by atoms with Crippen LogP contribution in [0.4, 0.5) is 17.2 Å². The van der Waals surface area contributed by atoms with Gasteiger partial charge in [-0.05, 0) is 43.2 Å². The largest absolute Gasteiger partial charge is 0.493 e. The van der Waals surface area contributed by atoms with E-state index in [9.17, 15) is 5.26 Å². The number of aromatic nitrogens is 3. The summed E-state index contributed by atoms with van der Waals surface area (Å²) >= 11 is 0. The summed E-state index contributed by atoms with van der Waals surface area (Å²) in [4.78, 5) is 18.1. The molecular weight excluding hydrogens is 492 g/mol. The molecule has 1 saturated heterocycles. The summed E-state index contributed by atoms with van der Waals surface area (Å²) in [5.41, 5.74) is 5.49. The van der Waals surface area contributed by atoms with E-state index in [1.54, 1.807) is 13.3 Å². The fourth-order valence-corrected chi connectivity index (χ4v) is 4.82. The number of nitriles is 1. The van der Waals surface area contributed by atoms with Crippen LogP contribution in [-0.4, -0.2) is 55.4 Å². The maximum absolute atomic E-state index is 10.2. The van der Waals surface area contributed by atoms with E-state index >= 15 is 0 Å². The number of nitrogens with zero attached hydrogens (tertiary/aromatic N) is 6. The summed E-state index contributed by atoms with van der Waals surface area (Å²) in [5, 5.41) is 10.2. The first-order valence-corrected chi connectivity index (χ1v) is 13.2. The van der Waals surface area contributed by atoms with Crippen LogP contribution in [0.5, 0.6) is 11.5 Å². The van der Waals surface area contributed by atoms with Crippen LogP contribution >= 0.6 is 0 Å². The molecular formula is C30H30N6O3. The Hall–Kier alpha value is -4.42. The van der Waals surface area contributed by atoms with Gasteiger partial charge in [0.25, 0.3) is 0 Å². The molecule has 0 unspecified atom stereocenters. The average Bonchev–Trinajstić information content (AvgIpc) is 3.85. The SMILES string of the molecule is COc1cc(N(C)c2ccc3ncc(N4CCOCC4)nc3c2C#N)ccc1OCc1ccc(C2CC2)nc1. The Kier molecular flexibility index (Phi) is 6.86. The minimum atomic E-state index is 0.400. The van der Waals surface area contributed by atoms with E-state index in [4.69, 9.17) is 19.2 Å². The molecule has 2 fully saturated rings. The quantitative estimate of drug-likeness (QED) is 0.318.